The highest BCUT2D eigenvalue weighted by Gasteiger charge is 2.51. The Morgan fingerprint density at radius 2 is 1.70 bits per heavy atom. The van der Waals surface area contributed by atoms with E-state index < -0.39 is 41.9 Å². The molecule has 0 radical (unpaired) electrons. The van der Waals surface area contributed by atoms with Gasteiger partial charge in [0.15, 0.2) is 5.78 Å². The number of primary amides is 1. The Morgan fingerprint density at radius 3 is 2.40 bits per heavy atom. The van der Waals surface area contributed by atoms with Gasteiger partial charge in [-0.3, -0.25) is 4.79 Å². The van der Waals surface area contributed by atoms with Crippen LogP contribution in [0.15, 0.2) is 96.7 Å². The number of rotatable bonds is 12. The number of carbonyl (C=O) groups excluding carboxylic acids is 3. The largest absolute Gasteiger partial charge is 0.445 e. The van der Waals surface area contributed by atoms with Gasteiger partial charge in [-0.15, -0.1) is 0 Å². The Kier molecular flexibility index (Phi) is 9.89. The Labute approximate surface area is 274 Å². The number of fused-ring (bicyclic) bond motifs is 1. The molecule has 1 aliphatic carbocycles. The van der Waals surface area contributed by atoms with Gasteiger partial charge < -0.3 is 35.7 Å². The number of benzene rings is 3. The van der Waals surface area contributed by atoms with E-state index in [-0.39, 0.29) is 24.7 Å². The monoisotopic (exact) mass is 639 g/mol. The smallest absolute Gasteiger partial charge is 0.407 e. The van der Waals surface area contributed by atoms with Gasteiger partial charge in [0.1, 0.15) is 17.7 Å². The Balaban J connectivity index is 1.27. The van der Waals surface area contributed by atoms with Crippen molar-refractivity contribution in [1.29, 1.82) is 0 Å². The summed E-state index contributed by atoms with van der Waals surface area (Å²) in [4.78, 5) is 39.6. The van der Waals surface area contributed by atoms with Crippen molar-refractivity contribution in [2.24, 2.45) is 5.73 Å². The number of amides is 2. The fourth-order valence-corrected chi connectivity index (χ4v) is 7.11. The van der Waals surface area contributed by atoms with Gasteiger partial charge in [0.05, 0.1) is 31.3 Å². The van der Waals surface area contributed by atoms with E-state index in [1.54, 1.807) is 6.20 Å². The molecule has 0 aromatic heterocycles. The van der Waals surface area contributed by atoms with Gasteiger partial charge >= 0.3 is 12.2 Å². The number of ketones is 1. The third-order valence-corrected chi connectivity index (χ3v) is 9.41. The Morgan fingerprint density at radius 1 is 1.00 bits per heavy atom. The maximum absolute atomic E-state index is 14.7. The molecule has 0 spiro atoms. The molecule has 47 heavy (non-hydrogen) atoms. The molecule has 246 valence electrons. The minimum atomic E-state index is -1.24. The first-order valence-corrected chi connectivity index (χ1v) is 16.2. The van der Waals surface area contributed by atoms with Crippen LogP contribution < -0.4 is 16.4 Å². The lowest BCUT2D eigenvalue weighted by atomic mass is 9.76. The maximum atomic E-state index is 14.7. The maximum Gasteiger partial charge on any atom is 0.407 e. The highest BCUT2D eigenvalue weighted by atomic mass is 16.6. The van der Waals surface area contributed by atoms with Crippen molar-refractivity contribution in [3.8, 4) is 0 Å². The van der Waals surface area contributed by atoms with Crippen LogP contribution in [0, 0.1) is 0 Å². The molecule has 6 rings (SSSR count). The van der Waals surface area contributed by atoms with Crippen molar-refractivity contribution in [1.82, 2.24) is 10.6 Å². The topological polar surface area (TPSA) is 149 Å². The van der Waals surface area contributed by atoms with E-state index in [4.69, 9.17) is 19.9 Å². The number of nitrogens with one attached hydrogen (secondary N) is 2. The molecule has 2 heterocycles. The van der Waals surface area contributed by atoms with Crippen molar-refractivity contribution in [2.75, 3.05) is 13.2 Å². The van der Waals surface area contributed by atoms with Gasteiger partial charge in [0, 0.05) is 37.5 Å². The predicted octanol–water partition coefficient (Wildman–Crippen LogP) is 4.10. The fraction of sp³-hybridized carbons (Fsp3) is 0.378. The first-order chi connectivity index (χ1) is 22.8. The van der Waals surface area contributed by atoms with Gasteiger partial charge in [0.2, 0.25) is 0 Å². The second-order valence-electron chi connectivity index (χ2n) is 12.6. The molecule has 0 unspecified atom stereocenters. The predicted molar refractivity (Wildman–Crippen MR) is 174 cm³/mol. The second kappa shape index (κ2) is 14.4. The minimum absolute atomic E-state index is 0.00269. The average molecular weight is 640 g/mol. The molecule has 2 amide bonds. The number of nitrogens with two attached hydrogens (primary N) is 1. The zero-order valence-electron chi connectivity index (χ0n) is 26.2. The van der Waals surface area contributed by atoms with E-state index >= 15 is 0 Å². The Hall–Kier alpha value is -4.67. The van der Waals surface area contributed by atoms with Gasteiger partial charge in [-0.25, -0.2) is 9.59 Å². The summed E-state index contributed by atoms with van der Waals surface area (Å²) in [5.74, 6) is -0.725. The molecule has 3 aliphatic rings. The van der Waals surface area contributed by atoms with Crippen molar-refractivity contribution >= 4 is 18.0 Å². The number of alkyl carbamates (subject to hydrolysis) is 1. The van der Waals surface area contributed by atoms with Crippen LogP contribution in [-0.4, -0.2) is 66.2 Å². The summed E-state index contributed by atoms with van der Waals surface area (Å²) in [6.45, 7) is 0.863. The van der Waals surface area contributed by atoms with Gasteiger partial charge in [-0.1, -0.05) is 84.9 Å². The zero-order chi connectivity index (χ0) is 32.8. The number of aliphatic hydroxyl groups is 1. The number of aryl methyl sites for hydroxylation is 1. The van der Waals surface area contributed by atoms with Crippen LogP contribution in [0.3, 0.4) is 0 Å². The minimum Gasteiger partial charge on any atom is -0.445 e. The first-order valence-electron chi connectivity index (χ1n) is 16.2. The summed E-state index contributed by atoms with van der Waals surface area (Å²) in [6, 6.07) is 26.4. The van der Waals surface area contributed by atoms with Crippen molar-refractivity contribution in [3.63, 3.8) is 0 Å². The van der Waals surface area contributed by atoms with Crippen molar-refractivity contribution in [3.05, 3.63) is 119 Å². The quantitative estimate of drug-likeness (QED) is 0.232. The summed E-state index contributed by atoms with van der Waals surface area (Å²) in [5, 5.41) is 18.2. The van der Waals surface area contributed by atoms with Gasteiger partial charge in [-0.05, 0) is 35.1 Å². The average Bonchev–Trinajstić information content (AvgIpc) is 3.78. The molecular formula is C37H41N3O7. The summed E-state index contributed by atoms with van der Waals surface area (Å²) in [7, 11) is 0. The fourth-order valence-electron chi connectivity index (χ4n) is 7.11. The van der Waals surface area contributed by atoms with Crippen molar-refractivity contribution < 1.29 is 33.7 Å². The molecular weight excluding hydrogens is 598 g/mol. The SMILES string of the molecule is NC(=O)O[C@@H]1Cc2ccccc2[C@@H]1C1=CN[C@@](Cc2ccccc2)(C[C@H](O)[C@H](CCc2ccccc2)NC(=O)O[C@H]2CCOC2)C1=O. The summed E-state index contributed by atoms with van der Waals surface area (Å²) in [5.41, 5.74) is 8.52. The molecule has 0 bridgehead atoms. The van der Waals surface area contributed by atoms with Crippen LogP contribution in [0.5, 0.6) is 0 Å². The van der Waals surface area contributed by atoms with E-state index in [1.165, 1.54) is 0 Å². The van der Waals surface area contributed by atoms with Crippen LogP contribution >= 0.6 is 0 Å². The Bertz CT molecular complexity index is 1590. The molecule has 3 aromatic rings. The summed E-state index contributed by atoms with van der Waals surface area (Å²) < 4.78 is 16.5. The lowest BCUT2D eigenvalue weighted by Gasteiger charge is -2.35. The number of aliphatic hydroxyl groups excluding tert-OH is 1. The molecule has 10 nitrogen and oxygen atoms in total. The highest BCUT2D eigenvalue weighted by Crippen LogP contribution is 2.44. The standard InChI is InChI=1S/C37H41N3O7/c38-35(43)47-32-19-26-13-7-8-14-28(26)33(32)29-22-39-37(34(29)42,20-25-11-5-2-6-12-25)21-31(41)30(16-15-24-9-3-1-4-10-24)40-36(44)46-27-17-18-45-23-27/h1-14,22,27,30-33,39,41H,15-21,23H2,(H2,38,43)(H,40,44)/t27-,30-,31-,32+,33+,37-/m0/s1. The van der Waals surface area contributed by atoms with Gasteiger partial charge in [0.25, 0.3) is 0 Å². The number of hydrogen-bond acceptors (Lipinski definition) is 8. The van der Waals surface area contributed by atoms with Gasteiger partial charge in [-0.2, -0.15) is 0 Å². The summed E-state index contributed by atoms with van der Waals surface area (Å²) >= 11 is 0. The van der Waals surface area contributed by atoms with Crippen LogP contribution in [-0.2, 0) is 38.3 Å². The highest BCUT2D eigenvalue weighted by molar-refractivity contribution is 6.06. The molecule has 2 aliphatic heterocycles. The van der Waals surface area contributed by atoms with E-state index in [9.17, 15) is 19.5 Å². The number of carbonyl (C=O) groups is 3. The first kappa shape index (κ1) is 32.3. The molecule has 6 atom stereocenters. The number of Topliss-reactive ketones (excluding diaryl/α,β-unsaturated/α-hetero) is 1. The van der Waals surface area contributed by atoms with Crippen molar-refractivity contribution in [2.45, 2.75) is 74.3 Å². The molecule has 0 saturated carbocycles. The van der Waals surface area contributed by atoms with Crippen LogP contribution in [0.1, 0.15) is 47.4 Å². The molecule has 1 saturated heterocycles. The number of hydrogen-bond donors (Lipinski definition) is 4. The lowest BCUT2D eigenvalue weighted by molar-refractivity contribution is -0.122. The van der Waals surface area contributed by atoms with Crippen LogP contribution in [0.2, 0.25) is 0 Å². The molecule has 3 aromatic carbocycles. The lowest BCUT2D eigenvalue weighted by Crippen LogP contribution is -2.55. The third-order valence-electron chi connectivity index (χ3n) is 9.41. The van der Waals surface area contributed by atoms with E-state index in [1.807, 2.05) is 84.9 Å². The van der Waals surface area contributed by atoms with Crippen LogP contribution in [0.25, 0.3) is 0 Å². The number of ether oxygens (including phenoxy) is 3. The van der Waals surface area contributed by atoms with E-state index in [0.29, 0.717) is 44.5 Å². The van der Waals surface area contributed by atoms with E-state index in [0.717, 1.165) is 22.3 Å². The molecule has 10 heteroatoms. The molecule has 5 N–H and O–H groups in total. The van der Waals surface area contributed by atoms with E-state index in [2.05, 4.69) is 10.6 Å². The summed E-state index contributed by atoms with van der Waals surface area (Å²) in [6.07, 6.45) is 0.404. The molecule has 1 fully saturated rings. The van der Waals surface area contributed by atoms with Crippen LogP contribution in [0.4, 0.5) is 9.59 Å². The zero-order valence-corrected chi connectivity index (χ0v) is 26.2. The normalized spacial score (nSPS) is 24.5. The second-order valence-corrected chi connectivity index (χ2v) is 12.6. The third kappa shape index (κ3) is 7.50.